The van der Waals surface area contributed by atoms with Crippen molar-refractivity contribution in [1.29, 1.82) is 0 Å². The second kappa shape index (κ2) is 12.2. The van der Waals surface area contributed by atoms with Gasteiger partial charge in [0.25, 0.3) is 0 Å². The van der Waals surface area contributed by atoms with E-state index in [1.165, 1.54) is 0 Å². The summed E-state index contributed by atoms with van der Waals surface area (Å²) < 4.78 is 0. The SMILES string of the molecule is NC(CCC(=O)O)C(=O)NC(CC(=O)O)C(=O)NC(CO)C(=O)NCC(=O)O. The van der Waals surface area contributed by atoms with Gasteiger partial charge in [0.15, 0.2) is 0 Å². The van der Waals surface area contributed by atoms with Crippen LogP contribution in [-0.2, 0) is 28.8 Å². The molecule has 3 unspecified atom stereocenters. The van der Waals surface area contributed by atoms with Gasteiger partial charge in [-0.05, 0) is 6.42 Å². The monoisotopic (exact) mass is 406 g/mol. The van der Waals surface area contributed by atoms with Gasteiger partial charge in [-0.1, -0.05) is 0 Å². The van der Waals surface area contributed by atoms with Crippen molar-refractivity contribution < 1.29 is 49.2 Å². The van der Waals surface area contributed by atoms with Crippen molar-refractivity contribution in [3.63, 3.8) is 0 Å². The summed E-state index contributed by atoms with van der Waals surface area (Å²) in [4.78, 5) is 67.6. The molecule has 0 aromatic heterocycles. The first-order chi connectivity index (χ1) is 13.0. The minimum Gasteiger partial charge on any atom is -0.481 e. The highest BCUT2D eigenvalue weighted by Gasteiger charge is 2.29. The van der Waals surface area contributed by atoms with Crippen LogP contribution >= 0.6 is 0 Å². The summed E-state index contributed by atoms with van der Waals surface area (Å²) in [5, 5.41) is 41.0. The van der Waals surface area contributed by atoms with Crippen molar-refractivity contribution in [3.05, 3.63) is 0 Å². The third-order valence-corrected chi connectivity index (χ3v) is 3.25. The lowest BCUT2D eigenvalue weighted by molar-refractivity contribution is -0.142. The average molecular weight is 406 g/mol. The molecule has 28 heavy (non-hydrogen) atoms. The normalized spacial score (nSPS) is 13.5. The lowest BCUT2D eigenvalue weighted by atomic mass is 10.1. The first kappa shape index (κ1) is 24.7. The van der Waals surface area contributed by atoms with Crippen LogP contribution in [0.5, 0.6) is 0 Å². The molecule has 158 valence electrons. The van der Waals surface area contributed by atoms with Crippen molar-refractivity contribution in [3.8, 4) is 0 Å². The van der Waals surface area contributed by atoms with Gasteiger partial charge < -0.3 is 42.1 Å². The van der Waals surface area contributed by atoms with Gasteiger partial charge in [0, 0.05) is 6.42 Å². The zero-order valence-electron chi connectivity index (χ0n) is 14.6. The van der Waals surface area contributed by atoms with Gasteiger partial charge in [-0.25, -0.2) is 0 Å². The molecule has 14 heteroatoms. The average Bonchev–Trinajstić information content (AvgIpc) is 2.60. The fourth-order valence-corrected chi connectivity index (χ4v) is 1.83. The fourth-order valence-electron chi connectivity index (χ4n) is 1.83. The third-order valence-electron chi connectivity index (χ3n) is 3.25. The van der Waals surface area contributed by atoms with Crippen LogP contribution in [-0.4, -0.2) is 87.3 Å². The van der Waals surface area contributed by atoms with Crippen LogP contribution in [0.25, 0.3) is 0 Å². The molecule has 0 heterocycles. The Morgan fingerprint density at radius 2 is 1.36 bits per heavy atom. The quantitative estimate of drug-likeness (QED) is 0.146. The number of carboxylic acid groups (broad SMARTS) is 3. The standard InChI is InChI=1S/C14H22N4O10/c15-6(1-2-9(20)21)12(26)17-7(3-10(22)23)14(28)18-8(5-19)13(27)16-4-11(24)25/h6-8,19H,1-5,15H2,(H,16,27)(H,17,26)(H,18,28)(H,20,21)(H,22,23)(H,24,25). The Kier molecular flexibility index (Phi) is 10.8. The first-order valence-corrected chi connectivity index (χ1v) is 7.88. The van der Waals surface area contributed by atoms with Crippen molar-refractivity contribution in [2.75, 3.05) is 13.2 Å². The highest BCUT2D eigenvalue weighted by molar-refractivity contribution is 5.95. The van der Waals surface area contributed by atoms with E-state index >= 15 is 0 Å². The Balaban J connectivity index is 5.01. The zero-order valence-corrected chi connectivity index (χ0v) is 14.6. The molecule has 0 fully saturated rings. The molecule has 14 nitrogen and oxygen atoms in total. The molecule has 0 rings (SSSR count). The number of amides is 3. The maximum atomic E-state index is 12.2. The van der Waals surface area contributed by atoms with E-state index in [4.69, 9.17) is 26.2 Å². The zero-order chi connectivity index (χ0) is 21.9. The van der Waals surface area contributed by atoms with Gasteiger partial charge >= 0.3 is 17.9 Å². The van der Waals surface area contributed by atoms with Crippen molar-refractivity contribution >= 4 is 35.6 Å². The highest BCUT2D eigenvalue weighted by Crippen LogP contribution is 2.00. The van der Waals surface area contributed by atoms with E-state index in [1.54, 1.807) is 0 Å². The van der Waals surface area contributed by atoms with Gasteiger partial charge in [-0.3, -0.25) is 28.8 Å². The highest BCUT2D eigenvalue weighted by atomic mass is 16.4. The fraction of sp³-hybridized carbons (Fsp3) is 0.571. The molecule has 0 saturated carbocycles. The summed E-state index contributed by atoms with van der Waals surface area (Å²) in [6.07, 6.45) is -1.59. The van der Waals surface area contributed by atoms with Gasteiger partial charge in [0.05, 0.1) is 19.1 Å². The van der Waals surface area contributed by atoms with E-state index in [2.05, 4.69) is 0 Å². The number of nitrogens with two attached hydrogens (primary N) is 1. The van der Waals surface area contributed by atoms with Gasteiger partial charge in [0.2, 0.25) is 17.7 Å². The summed E-state index contributed by atoms with van der Waals surface area (Å²) in [6.45, 7) is -1.71. The van der Waals surface area contributed by atoms with Crippen LogP contribution in [0.15, 0.2) is 0 Å². The Morgan fingerprint density at radius 3 is 1.82 bits per heavy atom. The van der Waals surface area contributed by atoms with E-state index in [9.17, 15) is 28.8 Å². The molecule has 0 aromatic rings. The Morgan fingerprint density at radius 1 is 0.786 bits per heavy atom. The predicted molar refractivity (Wildman–Crippen MR) is 88.7 cm³/mol. The second-order valence-corrected chi connectivity index (χ2v) is 5.55. The molecule has 0 bridgehead atoms. The van der Waals surface area contributed by atoms with E-state index in [0.717, 1.165) is 0 Å². The largest absolute Gasteiger partial charge is 0.481 e. The summed E-state index contributed by atoms with van der Waals surface area (Å²) in [6, 6.07) is -4.60. The Hall–Kier alpha value is -3.26. The van der Waals surface area contributed by atoms with Crippen molar-refractivity contribution in [2.24, 2.45) is 5.73 Å². The number of aliphatic carboxylic acids is 3. The van der Waals surface area contributed by atoms with Gasteiger partial charge in [-0.15, -0.1) is 0 Å². The minimum atomic E-state index is -1.68. The summed E-state index contributed by atoms with van der Waals surface area (Å²) >= 11 is 0. The van der Waals surface area contributed by atoms with Crippen molar-refractivity contribution in [1.82, 2.24) is 16.0 Å². The molecule has 3 atom stereocenters. The first-order valence-electron chi connectivity index (χ1n) is 7.88. The maximum absolute atomic E-state index is 12.2. The number of carboxylic acids is 3. The van der Waals surface area contributed by atoms with Crippen molar-refractivity contribution in [2.45, 2.75) is 37.4 Å². The lowest BCUT2D eigenvalue weighted by Gasteiger charge is -2.22. The number of aliphatic hydroxyl groups is 1. The number of carbonyl (C=O) groups is 6. The minimum absolute atomic E-state index is 0.264. The maximum Gasteiger partial charge on any atom is 0.322 e. The lowest BCUT2D eigenvalue weighted by Crippen LogP contribution is -2.57. The smallest absolute Gasteiger partial charge is 0.322 e. The van der Waals surface area contributed by atoms with E-state index in [-0.39, 0.29) is 6.42 Å². The van der Waals surface area contributed by atoms with Crippen LogP contribution in [0.2, 0.25) is 0 Å². The van der Waals surface area contributed by atoms with E-state index in [0.29, 0.717) is 0 Å². The van der Waals surface area contributed by atoms with Crippen LogP contribution in [0.4, 0.5) is 0 Å². The van der Waals surface area contributed by atoms with Crippen LogP contribution in [0.3, 0.4) is 0 Å². The predicted octanol–water partition coefficient (Wildman–Crippen LogP) is -4.18. The third kappa shape index (κ3) is 10.0. The number of aliphatic hydroxyl groups excluding tert-OH is 1. The van der Waals surface area contributed by atoms with Gasteiger partial charge in [-0.2, -0.15) is 0 Å². The molecule has 0 saturated heterocycles. The summed E-state index contributed by atoms with van der Waals surface area (Å²) in [5.74, 6) is -7.24. The summed E-state index contributed by atoms with van der Waals surface area (Å²) in [7, 11) is 0. The van der Waals surface area contributed by atoms with Gasteiger partial charge in [0.1, 0.15) is 18.6 Å². The molecular formula is C14H22N4O10. The molecular weight excluding hydrogens is 384 g/mol. The molecule has 0 spiro atoms. The van der Waals surface area contributed by atoms with Crippen LogP contribution in [0.1, 0.15) is 19.3 Å². The summed E-state index contributed by atoms with van der Waals surface area (Å²) in [5.41, 5.74) is 5.47. The number of rotatable bonds is 13. The molecule has 9 N–H and O–H groups in total. The topological polar surface area (TPSA) is 245 Å². The number of nitrogens with one attached hydrogen (secondary N) is 3. The van der Waals surface area contributed by atoms with Crippen LogP contribution < -0.4 is 21.7 Å². The Labute approximate surface area is 158 Å². The number of hydrogen-bond donors (Lipinski definition) is 8. The van der Waals surface area contributed by atoms with E-state index in [1.807, 2.05) is 16.0 Å². The van der Waals surface area contributed by atoms with Crippen LogP contribution in [0, 0.1) is 0 Å². The molecule has 0 aliphatic heterocycles. The van der Waals surface area contributed by atoms with E-state index < -0.39 is 79.7 Å². The molecule has 0 radical (unpaired) electrons. The molecule has 0 aliphatic carbocycles. The second-order valence-electron chi connectivity index (χ2n) is 5.55. The number of carbonyl (C=O) groups excluding carboxylic acids is 3. The number of hydrogen-bond acceptors (Lipinski definition) is 8. The molecule has 0 aromatic carbocycles. The Bertz CT molecular complexity index is 623. The molecule has 0 aliphatic rings. The molecule has 3 amide bonds.